The van der Waals surface area contributed by atoms with Gasteiger partial charge in [0.25, 0.3) is 0 Å². The summed E-state index contributed by atoms with van der Waals surface area (Å²) in [5.41, 5.74) is 0.774. The van der Waals surface area contributed by atoms with Crippen LogP contribution in [0.15, 0.2) is 106 Å². The van der Waals surface area contributed by atoms with Gasteiger partial charge in [0.15, 0.2) is 11.6 Å². The smallest absolute Gasteiger partial charge is 0.337 e. The lowest BCUT2D eigenvalue weighted by Crippen LogP contribution is -2.33. The van der Waals surface area contributed by atoms with E-state index >= 15 is 0 Å². The van der Waals surface area contributed by atoms with Gasteiger partial charge in [0.05, 0.1) is 209 Å². The van der Waals surface area contributed by atoms with Gasteiger partial charge in [-0.05, 0) is 124 Å². The Kier molecular flexibility index (Phi) is 53.9. The van der Waals surface area contributed by atoms with Crippen molar-refractivity contribution < 1.29 is 173 Å². The Morgan fingerprint density at radius 1 is 0.373 bits per heavy atom. The Labute approximate surface area is 879 Å². The van der Waals surface area contributed by atoms with Crippen molar-refractivity contribution >= 4 is 173 Å². The van der Waals surface area contributed by atoms with Crippen molar-refractivity contribution in [3.05, 3.63) is 120 Å². The van der Waals surface area contributed by atoms with Gasteiger partial charge in [-0.3, -0.25) is 0 Å². The first kappa shape index (κ1) is 133. The average Bonchev–Trinajstić information content (AvgIpc) is 0.697. The molecule has 0 aliphatic heterocycles. The minimum atomic E-state index is -4.90. The van der Waals surface area contributed by atoms with E-state index in [9.17, 15) is 116 Å². The number of carbonyl (C=O) groups excluding carboxylic acids is 1. The molecule has 0 aliphatic carbocycles. The maximum Gasteiger partial charge on any atom is 0.337 e. The largest absolute Gasteiger partial charge is 0.748 e. The van der Waals surface area contributed by atoms with E-state index in [0.717, 1.165) is 66.7 Å². The first-order chi connectivity index (χ1) is 69.6. The minimum absolute atomic E-state index is 0.0134. The van der Waals surface area contributed by atoms with Crippen LogP contribution in [0.25, 0.3) is 64.6 Å². The molecule has 0 spiro atoms. The zero-order chi connectivity index (χ0) is 113. The van der Waals surface area contributed by atoms with Gasteiger partial charge in [0.2, 0.25) is 67.5 Å². The summed E-state index contributed by atoms with van der Waals surface area (Å²) in [5.74, 6) is -13.1. The summed E-state index contributed by atoms with van der Waals surface area (Å²) in [6.07, 6.45) is 5.39. The molecule has 0 heterocycles. The summed E-state index contributed by atoms with van der Waals surface area (Å²) in [6.45, 7) is 23.9. The highest BCUT2D eigenvalue weighted by Gasteiger charge is 2.35. The molecule has 0 bridgehead atoms. The minimum Gasteiger partial charge on any atom is -0.748 e. The van der Waals surface area contributed by atoms with E-state index in [1.165, 1.54) is 82.0 Å². The molecule has 2 unspecified atom stereocenters. The fraction of sp³-hybridized carbons (Fsp3) is 0.589. The highest BCUT2D eigenvalue weighted by atomic mass is 32.2. The molecule has 0 saturated heterocycles. The molecule has 9 aromatic carbocycles. The summed E-state index contributed by atoms with van der Waals surface area (Å²) >= 11 is 0. The Hall–Kier alpha value is -7.40. The third-order valence-corrected chi connectivity index (χ3v) is 33.4. The molecule has 852 valence electrons. The number of benzene rings is 9. The normalized spacial score (nSPS) is 13.4. The molecule has 2 N–H and O–H groups in total. The number of carbonyl (C=O) groups is 1. The first-order valence-corrected chi connectivity index (χ1v) is 61.7. The van der Waals surface area contributed by atoms with Crippen molar-refractivity contribution in [3.63, 3.8) is 0 Å². The predicted octanol–water partition coefficient (Wildman–Crippen LogP) is 9.65. The Bertz CT molecular complexity index is 6740. The number of methoxy groups -OCH3 is 1. The number of anilines is 2. The standard InChI is InChI=1S/C44H70N4O17S5.C38H41F4NO7.C5H12O.2C4H11NO5S2/c1-9-16-46(6)68(55,56)39-30-38(45-33(2)11-10-19-61-20-21-62-22-23-63-24-25-64-26-27-65-32-44(3,4)5)34-12-13-36-40(69(57,58)47(7)17-28-66(49,50)51)31-41(37-15-14-35(39)42(34)43(36)37)70(59,60)48(8)18-29-67(52,53)54;1-24(43-30-13-11-28-9-8-26-6-3-7-27-10-12-29(30)33(28)32(26)27)5-4-14-45-15-16-46-17-18-47-19-20-48-21-22-49-23-31(44)50-38-36(41)34(39)25(2)35(40)37(38)42;1-5(2,3)6-4;2*1-5(11(2,6)7)3-4-12(8,9)10/h12-15,30-31,33,45H,9-11,16-29,32H2,1-8H3,(H,49,50,51)(H,52,53,54);3,6-13,24,43H,4-5,14-23H2,1-2H3;1-4H3;2*3-4H2,1-2H3,(H,8,9,10)/p-4. The van der Waals surface area contributed by atoms with E-state index in [0.29, 0.717) is 145 Å². The lowest BCUT2D eigenvalue weighted by molar-refractivity contribution is -0.140. The molecule has 0 aromatic heterocycles. The number of nitrogens with zero attached hydrogens (tertiary/aromatic N) is 5. The van der Waals surface area contributed by atoms with Crippen molar-refractivity contribution in [2.45, 2.75) is 134 Å². The highest BCUT2D eigenvalue weighted by molar-refractivity contribution is 7.91. The molecular formula is C95H141F4N7O35S9-4. The molecule has 2 atom stereocenters. The van der Waals surface area contributed by atoms with Crippen molar-refractivity contribution in [2.75, 3.05) is 253 Å². The van der Waals surface area contributed by atoms with E-state index in [-0.39, 0.29) is 94.4 Å². The van der Waals surface area contributed by atoms with Gasteiger partial charge in [-0.25, -0.2) is 102 Å². The van der Waals surface area contributed by atoms with Gasteiger partial charge >= 0.3 is 5.97 Å². The topological polar surface area (TPSA) is 568 Å². The van der Waals surface area contributed by atoms with E-state index in [1.807, 2.05) is 27.7 Å². The molecule has 150 heavy (non-hydrogen) atoms. The summed E-state index contributed by atoms with van der Waals surface area (Å²) in [5, 5.41) is 15.4. The van der Waals surface area contributed by atoms with Crippen molar-refractivity contribution in [1.82, 2.24) is 21.5 Å². The van der Waals surface area contributed by atoms with Crippen LogP contribution < -0.4 is 15.4 Å². The third kappa shape index (κ3) is 45.1. The molecule has 42 nitrogen and oxygen atoms in total. The van der Waals surface area contributed by atoms with E-state index in [2.05, 4.69) is 97.7 Å². The van der Waals surface area contributed by atoms with Crippen LogP contribution in [0.4, 0.5) is 28.9 Å². The number of esters is 1. The van der Waals surface area contributed by atoms with Gasteiger partial charge < -0.3 is 85.7 Å². The van der Waals surface area contributed by atoms with E-state index in [4.69, 9.17) is 52.1 Å². The fourth-order valence-electron chi connectivity index (χ4n) is 13.9. The first-order valence-electron chi connectivity index (χ1n) is 47.4. The quantitative estimate of drug-likeness (QED) is 0.00680. The number of rotatable bonds is 62. The molecule has 9 aromatic rings. The summed E-state index contributed by atoms with van der Waals surface area (Å²) in [7, 11) is -31.6. The summed E-state index contributed by atoms with van der Waals surface area (Å²) in [6, 6.07) is 27.7. The number of nitrogens with one attached hydrogen (secondary N) is 2. The molecule has 9 rings (SSSR count). The van der Waals surface area contributed by atoms with Gasteiger partial charge in [-0.2, -0.15) is 17.4 Å². The maximum absolute atomic E-state index is 14.4. The zero-order valence-corrected chi connectivity index (χ0v) is 94.9. The van der Waals surface area contributed by atoms with Crippen molar-refractivity contribution in [2.24, 2.45) is 5.41 Å². The second-order valence-electron chi connectivity index (χ2n) is 37.0. The molecule has 55 heteroatoms. The van der Waals surface area contributed by atoms with Crippen molar-refractivity contribution in [3.8, 4) is 5.75 Å². The van der Waals surface area contributed by atoms with Gasteiger partial charge in [0, 0.05) is 155 Å². The molecule has 0 amide bonds. The zero-order valence-electron chi connectivity index (χ0n) is 87.6. The lowest BCUT2D eigenvalue weighted by Gasteiger charge is -2.26. The number of hydrogen-bond donors (Lipinski definition) is 2. The Balaban J connectivity index is 0.000000423. The molecular weight excluding hydrogens is 2160 g/mol. The molecule has 0 radical (unpaired) electrons. The third-order valence-electron chi connectivity index (χ3n) is 22.3. The molecule has 0 aliphatic rings. The van der Waals surface area contributed by atoms with E-state index in [1.54, 1.807) is 20.1 Å². The fourth-order valence-corrected chi connectivity index (χ4v) is 21.5. The number of hydrogen-bond acceptors (Lipinski definition) is 37. The lowest BCUT2D eigenvalue weighted by atomic mass is 9.93. The van der Waals surface area contributed by atoms with Gasteiger partial charge in [0.1, 0.15) is 6.61 Å². The second-order valence-corrected chi connectivity index (χ2v) is 53.3. The number of ether oxygens (including phenoxy) is 12. The molecule has 0 saturated carbocycles. The Morgan fingerprint density at radius 3 is 1.02 bits per heavy atom. The predicted molar refractivity (Wildman–Crippen MR) is 559 cm³/mol. The maximum atomic E-state index is 14.4. The number of sulfonamides is 5. The monoisotopic (exact) mass is 2300 g/mol. The van der Waals surface area contributed by atoms with Crippen LogP contribution in [0.3, 0.4) is 0 Å². The summed E-state index contributed by atoms with van der Waals surface area (Å²) < 4.78 is 382. The number of halogens is 4. The van der Waals surface area contributed by atoms with Crippen LogP contribution in [0.2, 0.25) is 0 Å². The van der Waals surface area contributed by atoms with E-state index < -0.39 is 184 Å². The van der Waals surface area contributed by atoms with Crippen LogP contribution in [-0.4, -0.2) is 382 Å². The van der Waals surface area contributed by atoms with Crippen LogP contribution in [-0.2, 0) is 147 Å². The van der Waals surface area contributed by atoms with Crippen molar-refractivity contribution in [1.29, 1.82) is 0 Å². The van der Waals surface area contributed by atoms with Crippen LogP contribution >= 0.6 is 0 Å². The molecule has 0 fully saturated rings. The SMILES string of the molecule is CCCN(C)S(=O)(=O)c1cc(NC(C)CCCOCCOCCOCCOCCOCC(C)(C)C)c2ccc3c(S(=O)(=O)N(C)CCS(=O)(=O)[O-])cc(S(=O)(=O)N(C)CCS(=O)(=O)[O-])c4ccc1c2c34.CN(CCS(=O)(=O)[O-])S(C)(=O)=O.CN(CCS(=O)(=O)[O-])S(C)(=O)=O.COC(C)(C)C.Cc1c(F)c(F)c(OC(=O)COCCOCCOCCOCCOCCCC(C)Nc2ccc3ccc4cccc5ccc2c3c45)c(F)c1F. The highest BCUT2D eigenvalue weighted by Crippen LogP contribution is 2.47. The van der Waals surface area contributed by atoms with Gasteiger partial charge in [-0.15, -0.1) is 0 Å². The average molecular weight is 2310 g/mol. The van der Waals surface area contributed by atoms with Crippen LogP contribution in [0.5, 0.6) is 5.75 Å². The second kappa shape index (κ2) is 60.8. The van der Waals surface area contributed by atoms with Crippen LogP contribution in [0.1, 0.15) is 100.0 Å². The van der Waals surface area contributed by atoms with Gasteiger partial charge in [-0.1, -0.05) is 100 Å². The van der Waals surface area contributed by atoms with Crippen LogP contribution in [0, 0.1) is 35.6 Å². The summed E-state index contributed by atoms with van der Waals surface area (Å²) in [4.78, 5) is 10.3. The Morgan fingerprint density at radius 2 is 0.667 bits per heavy atom.